The van der Waals surface area contributed by atoms with E-state index in [-0.39, 0.29) is 0 Å². The summed E-state index contributed by atoms with van der Waals surface area (Å²) in [6.45, 7) is 6.04. The van der Waals surface area contributed by atoms with Crippen LogP contribution in [0.5, 0.6) is 0 Å². The van der Waals surface area contributed by atoms with Crippen molar-refractivity contribution in [2.24, 2.45) is 0 Å². The van der Waals surface area contributed by atoms with Gasteiger partial charge in [-0.1, -0.05) is 6.92 Å². The van der Waals surface area contributed by atoms with Crippen LogP contribution in [0.25, 0.3) is 0 Å². The summed E-state index contributed by atoms with van der Waals surface area (Å²) in [5.74, 6) is 0. The Morgan fingerprint density at radius 2 is 2.17 bits per heavy atom. The topological polar surface area (TPSA) is 21.3 Å². The smallest absolute Gasteiger partial charge is 0.0667 e. The third-order valence-corrected chi connectivity index (χ3v) is 2.44. The summed E-state index contributed by atoms with van der Waals surface area (Å²) in [4.78, 5) is 0. The lowest BCUT2D eigenvalue weighted by molar-refractivity contribution is 0.117. The molecular weight excluding hydrogens is 174 g/mol. The summed E-state index contributed by atoms with van der Waals surface area (Å²) in [6.07, 6.45) is 2.37. The van der Waals surface area contributed by atoms with Gasteiger partial charge in [0, 0.05) is 19.0 Å². The van der Waals surface area contributed by atoms with Crippen molar-refractivity contribution < 1.29 is 4.74 Å². The molecule has 0 aliphatic heterocycles. The first kappa shape index (κ1) is 12.2. The molecule has 74 valence electrons. The van der Waals surface area contributed by atoms with Crippen LogP contribution in [0.1, 0.15) is 26.7 Å². The van der Waals surface area contributed by atoms with Gasteiger partial charge in [0.25, 0.3) is 0 Å². The average molecular weight is 194 g/mol. The first-order valence-electron chi connectivity index (χ1n) is 4.58. The Bertz CT molecular complexity index is 88.5. The van der Waals surface area contributed by atoms with Crippen molar-refractivity contribution in [3.8, 4) is 0 Å². The maximum absolute atomic E-state index is 5.94. The largest absolute Gasteiger partial charge is 0.380 e. The molecule has 0 fully saturated rings. The lowest BCUT2D eigenvalue weighted by atomic mass is 10.2. The Morgan fingerprint density at radius 1 is 1.50 bits per heavy atom. The Balaban J connectivity index is 3.10. The predicted molar refractivity (Wildman–Crippen MR) is 53.9 cm³/mol. The molecule has 0 aromatic heterocycles. The van der Waals surface area contributed by atoms with Crippen molar-refractivity contribution in [1.29, 1.82) is 0 Å². The first-order valence-corrected chi connectivity index (χ1v) is 5.01. The molecule has 0 aliphatic carbocycles. The number of ether oxygens (including phenoxy) is 1. The summed E-state index contributed by atoms with van der Waals surface area (Å²) in [6, 6.07) is 0. The molecule has 0 rings (SSSR count). The Morgan fingerprint density at radius 3 is 2.67 bits per heavy atom. The van der Waals surface area contributed by atoms with Gasteiger partial charge in [0.1, 0.15) is 0 Å². The molecule has 0 aromatic carbocycles. The van der Waals surface area contributed by atoms with E-state index in [4.69, 9.17) is 16.3 Å². The standard InChI is InChI=1S/C9H20ClNO/c1-4-9(10)5-6-11-7-8(2)12-3/h8-9,11H,4-7H2,1-3H3. The highest BCUT2D eigenvalue weighted by atomic mass is 35.5. The fourth-order valence-electron chi connectivity index (χ4n) is 0.851. The van der Waals surface area contributed by atoms with Gasteiger partial charge >= 0.3 is 0 Å². The van der Waals surface area contributed by atoms with Gasteiger partial charge in [0.05, 0.1) is 6.10 Å². The SMILES string of the molecule is CCC(Cl)CCNCC(C)OC. The van der Waals surface area contributed by atoms with E-state index in [0.29, 0.717) is 11.5 Å². The molecule has 0 saturated carbocycles. The van der Waals surface area contributed by atoms with E-state index in [9.17, 15) is 0 Å². The minimum atomic E-state index is 0.292. The number of nitrogens with one attached hydrogen (secondary N) is 1. The molecule has 0 amide bonds. The highest BCUT2D eigenvalue weighted by Gasteiger charge is 2.01. The van der Waals surface area contributed by atoms with Crippen LogP contribution in [0.3, 0.4) is 0 Å². The van der Waals surface area contributed by atoms with E-state index in [1.165, 1.54) is 0 Å². The summed E-state index contributed by atoms with van der Waals surface area (Å²) < 4.78 is 5.09. The second-order valence-electron chi connectivity index (χ2n) is 3.04. The molecule has 0 saturated heterocycles. The van der Waals surface area contributed by atoms with Gasteiger partial charge in [-0.05, 0) is 26.3 Å². The van der Waals surface area contributed by atoms with E-state index in [1.54, 1.807) is 7.11 Å². The summed E-state index contributed by atoms with van der Waals surface area (Å²) in [5, 5.41) is 3.61. The van der Waals surface area contributed by atoms with Gasteiger partial charge < -0.3 is 10.1 Å². The predicted octanol–water partition coefficient (Wildman–Crippen LogP) is 2.02. The van der Waals surface area contributed by atoms with Gasteiger partial charge in [-0.2, -0.15) is 0 Å². The number of rotatable bonds is 7. The molecule has 0 heterocycles. The first-order chi connectivity index (χ1) is 5.70. The molecule has 2 atom stereocenters. The molecule has 2 nitrogen and oxygen atoms in total. The molecular formula is C9H20ClNO. The van der Waals surface area contributed by atoms with Crippen LogP contribution in [0.2, 0.25) is 0 Å². The van der Waals surface area contributed by atoms with E-state index < -0.39 is 0 Å². The molecule has 0 aromatic rings. The van der Waals surface area contributed by atoms with Crippen molar-refractivity contribution in [2.75, 3.05) is 20.2 Å². The monoisotopic (exact) mass is 193 g/mol. The zero-order valence-corrected chi connectivity index (χ0v) is 9.03. The van der Waals surface area contributed by atoms with Crippen LogP contribution in [-0.4, -0.2) is 31.7 Å². The number of halogens is 1. The Kier molecular flexibility index (Phi) is 7.98. The number of alkyl halides is 1. The van der Waals surface area contributed by atoms with E-state index >= 15 is 0 Å². The van der Waals surface area contributed by atoms with Crippen molar-refractivity contribution >= 4 is 11.6 Å². The van der Waals surface area contributed by atoms with Gasteiger partial charge in [-0.3, -0.25) is 0 Å². The normalized spacial score (nSPS) is 16.0. The number of hydrogen-bond donors (Lipinski definition) is 1. The van der Waals surface area contributed by atoms with Crippen molar-refractivity contribution in [3.63, 3.8) is 0 Å². The van der Waals surface area contributed by atoms with Crippen molar-refractivity contribution in [1.82, 2.24) is 5.32 Å². The maximum atomic E-state index is 5.94. The number of hydrogen-bond acceptors (Lipinski definition) is 2. The van der Waals surface area contributed by atoms with Gasteiger partial charge in [0.15, 0.2) is 0 Å². The van der Waals surface area contributed by atoms with E-state index in [2.05, 4.69) is 12.2 Å². The van der Waals surface area contributed by atoms with Crippen LogP contribution in [0.4, 0.5) is 0 Å². The van der Waals surface area contributed by atoms with E-state index in [1.807, 2.05) is 6.92 Å². The maximum Gasteiger partial charge on any atom is 0.0667 e. The van der Waals surface area contributed by atoms with Crippen LogP contribution in [0.15, 0.2) is 0 Å². The van der Waals surface area contributed by atoms with Gasteiger partial charge in [-0.25, -0.2) is 0 Å². The third-order valence-electron chi connectivity index (χ3n) is 1.91. The third kappa shape index (κ3) is 6.89. The summed E-state index contributed by atoms with van der Waals surface area (Å²) in [5.41, 5.74) is 0. The molecule has 0 aliphatic rings. The molecule has 0 bridgehead atoms. The van der Waals surface area contributed by atoms with Crippen LogP contribution >= 0.6 is 11.6 Å². The van der Waals surface area contributed by atoms with Crippen molar-refractivity contribution in [3.05, 3.63) is 0 Å². The second-order valence-corrected chi connectivity index (χ2v) is 3.66. The molecule has 0 spiro atoms. The molecule has 1 N–H and O–H groups in total. The average Bonchev–Trinajstić information content (AvgIpc) is 2.11. The van der Waals surface area contributed by atoms with E-state index in [0.717, 1.165) is 25.9 Å². The minimum Gasteiger partial charge on any atom is -0.380 e. The zero-order chi connectivity index (χ0) is 9.40. The Hall–Kier alpha value is 0.210. The fraction of sp³-hybridized carbons (Fsp3) is 1.00. The Labute approximate surface area is 80.6 Å². The fourth-order valence-corrected chi connectivity index (χ4v) is 0.961. The highest BCUT2D eigenvalue weighted by molar-refractivity contribution is 6.20. The quantitative estimate of drug-likeness (QED) is 0.494. The van der Waals surface area contributed by atoms with Crippen LogP contribution in [0, 0.1) is 0 Å². The van der Waals surface area contributed by atoms with Crippen LogP contribution in [-0.2, 0) is 4.74 Å². The summed E-state index contributed by atoms with van der Waals surface area (Å²) >= 11 is 5.94. The van der Waals surface area contributed by atoms with Gasteiger partial charge in [-0.15, -0.1) is 11.6 Å². The summed E-state index contributed by atoms with van der Waals surface area (Å²) in [7, 11) is 1.72. The number of methoxy groups -OCH3 is 1. The second kappa shape index (κ2) is 7.84. The van der Waals surface area contributed by atoms with Crippen LogP contribution < -0.4 is 5.32 Å². The van der Waals surface area contributed by atoms with Gasteiger partial charge in [0.2, 0.25) is 0 Å². The highest BCUT2D eigenvalue weighted by Crippen LogP contribution is 2.04. The minimum absolute atomic E-state index is 0.292. The molecule has 2 unspecified atom stereocenters. The molecule has 0 radical (unpaired) electrons. The lowest BCUT2D eigenvalue weighted by Gasteiger charge is -2.11. The lowest BCUT2D eigenvalue weighted by Crippen LogP contribution is -2.27. The van der Waals surface area contributed by atoms with Crippen molar-refractivity contribution in [2.45, 2.75) is 38.2 Å². The zero-order valence-electron chi connectivity index (χ0n) is 8.27. The molecule has 12 heavy (non-hydrogen) atoms. The molecule has 3 heteroatoms.